The number of carboxylic acid groups (broad SMARTS) is 1. The highest BCUT2D eigenvalue weighted by atomic mass is 32.1. The van der Waals surface area contributed by atoms with Gasteiger partial charge in [-0.1, -0.05) is 12.1 Å². The highest BCUT2D eigenvalue weighted by Gasteiger charge is 2.57. The van der Waals surface area contributed by atoms with Gasteiger partial charge in [0, 0.05) is 53.0 Å². The lowest BCUT2D eigenvalue weighted by Crippen LogP contribution is -2.78. The molecule has 0 spiro atoms. The molecule has 7 rings (SSSR count). The van der Waals surface area contributed by atoms with Crippen LogP contribution < -0.4 is 11.1 Å². The Balaban J connectivity index is 1.23. The van der Waals surface area contributed by atoms with Gasteiger partial charge in [-0.05, 0) is 63.6 Å². The van der Waals surface area contributed by atoms with Crippen molar-refractivity contribution in [3.63, 3.8) is 0 Å². The monoisotopic (exact) mass is 537 g/mol. The van der Waals surface area contributed by atoms with Crippen molar-refractivity contribution < 1.29 is 19.5 Å². The zero-order valence-electron chi connectivity index (χ0n) is 21.9. The van der Waals surface area contributed by atoms with Gasteiger partial charge in [-0.2, -0.15) is 0 Å². The second kappa shape index (κ2) is 9.44. The third-order valence-corrected chi connectivity index (χ3v) is 9.92. The number of carbonyl (C=O) groups is 3. The Morgan fingerprint density at radius 3 is 2.58 bits per heavy atom. The molecule has 5 heterocycles. The van der Waals surface area contributed by atoms with Crippen LogP contribution in [-0.2, 0) is 17.6 Å². The minimum Gasteiger partial charge on any atom is -0.480 e. The third-order valence-electron chi connectivity index (χ3n) is 8.85. The lowest BCUT2D eigenvalue weighted by Gasteiger charge is -2.62. The molecule has 0 saturated carbocycles. The molecule has 38 heavy (non-hydrogen) atoms. The number of hydrazine groups is 1. The molecule has 1 aromatic heterocycles. The van der Waals surface area contributed by atoms with Crippen LogP contribution in [0.2, 0.25) is 0 Å². The Morgan fingerprint density at radius 1 is 1.16 bits per heavy atom. The number of nitrogens with one attached hydrogen (secondary N) is 1. The fourth-order valence-electron chi connectivity index (χ4n) is 7.01. The van der Waals surface area contributed by atoms with Gasteiger partial charge >= 0.3 is 5.97 Å². The van der Waals surface area contributed by atoms with E-state index in [0.717, 1.165) is 61.2 Å². The lowest BCUT2D eigenvalue weighted by atomic mass is 9.90. The van der Waals surface area contributed by atoms with Gasteiger partial charge < -0.3 is 16.2 Å². The molecule has 4 unspecified atom stereocenters. The summed E-state index contributed by atoms with van der Waals surface area (Å²) in [6.07, 6.45) is 5.34. The summed E-state index contributed by atoms with van der Waals surface area (Å²) in [4.78, 5) is 41.2. The van der Waals surface area contributed by atoms with E-state index < -0.39 is 17.4 Å². The fourth-order valence-corrected chi connectivity index (χ4v) is 8.16. The number of benzene rings is 1. The number of thiophene rings is 1. The highest BCUT2D eigenvalue weighted by Crippen LogP contribution is 2.43. The van der Waals surface area contributed by atoms with Gasteiger partial charge in [0.2, 0.25) is 5.91 Å². The van der Waals surface area contributed by atoms with Crippen LogP contribution in [0, 0.1) is 0 Å². The number of hydrogen-bond donors (Lipinski definition) is 3. The molecular formula is C28H35N5O4S. The Labute approximate surface area is 226 Å². The smallest absolute Gasteiger partial charge is 0.324 e. The number of carboxylic acids is 1. The molecule has 9 nitrogen and oxygen atoms in total. The summed E-state index contributed by atoms with van der Waals surface area (Å²) in [5, 5.41) is 19.5. The third kappa shape index (κ3) is 4.14. The minimum atomic E-state index is -1.04. The van der Waals surface area contributed by atoms with Crippen LogP contribution in [0.5, 0.6) is 0 Å². The number of rotatable bonds is 7. The van der Waals surface area contributed by atoms with Crippen LogP contribution in [0.25, 0.3) is 0 Å². The second-order valence-corrected chi connectivity index (χ2v) is 12.5. The summed E-state index contributed by atoms with van der Waals surface area (Å²) in [6, 6.07) is 8.12. The van der Waals surface area contributed by atoms with Crippen molar-refractivity contribution in [1.82, 2.24) is 20.2 Å². The SMILES string of the molecule is CC(C)(C(=O)O)N1C(Cc2cccc(C(=O)NC3CCCc4scc(C(N)=O)c43)c2)N2C[C@H]3CC[C@@H](C2)N31. The van der Waals surface area contributed by atoms with Crippen LogP contribution in [0.4, 0.5) is 0 Å². The van der Waals surface area contributed by atoms with Gasteiger partial charge in [0.1, 0.15) is 5.54 Å². The summed E-state index contributed by atoms with van der Waals surface area (Å²) in [6.45, 7) is 5.47. The van der Waals surface area contributed by atoms with Crippen molar-refractivity contribution in [2.75, 3.05) is 13.1 Å². The minimum absolute atomic E-state index is 0.0881. The highest BCUT2D eigenvalue weighted by molar-refractivity contribution is 7.10. The number of primary amides is 1. The second-order valence-electron chi connectivity index (χ2n) is 11.6. The van der Waals surface area contributed by atoms with E-state index >= 15 is 0 Å². The van der Waals surface area contributed by atoms with E-state index in [0.29, 0.717) is 29.6 Å². The maximum Gasteiger partial charge on any atom is 0.324 e. The molecule has 4 fully saturated rings. The number of aryl methyl sites for hydroxylation is 1. The molecule has 4 bridgehead atoms. The molecule has 1 aromatic carbocycles. The number of hydrogen-bond acceptors (Lipinski definition) is 7. The summed E-state index contributed by atoms with van der Waals surface area (Å²) < 4.78 is 0. The van der Waals surface area contributed by atoms with Crippen LogP contribution in [0.1, 0.15) is 82.3 Å². The van der Waals surface area contributed by atoms with E-state index in [1.807, 2.05) is 18.2 Å². The molecule has 202 valence electrons. The zero-order valence-corrected chi connectivity index (χ0v) is 22.7. The Hall–Kier alpha value is -2.79. The van der Waals surface area contributed by atoms with Crippen LogP contribution in [0.3, 0.4) is 0 Å². The van der Waals surface area contributed by atoms with Crippen molar-refractivity contribution in [1.29, 1.82) is 0 Å². The molecule has 4 aliphatic heterocycles. The zero-order chi connectivity index (χ0) is 26.8. The van der Waals surface area contributed by atoms with E-state index in [-0.39, 0.29) is 18.1 Å². The molecule has 4 N–H and O–H groups in total. The van der Waals surface area contributed by atoms with Crippen LogP contribution >= 0.6 is 11.3 Å². The first kappa shape index (κ1) is 25.5. The standard InChI is InChI=1S/C28H35N5O4S/c1-28(2,27(36)37)33-23(31-13-18-9-10-19(14-31)32(18)33)12-16-5-3-6-17(11-16)26(35)30-21-7-4-8-22-24(21)20(15-38-22)25(29)34/h3,5-6,11,15,18-19,21,23H,4,7-10,12-14H2,1-2H3,(H2,29,34)(H,30,35)(H,36,37)/t18-,19+,21?,23?. The Morgan fingerprint density at radius 2 is 1.89 bits per heavy atom. The molecule has 6 atom stereocenters. The average Bonchev–Trinajstić information content (AvgIpc) is 3.44. The van der Waals surface area contributed by atoms with Gasteiger partial charge in [0.05, 0.1) is 17.8 Å². The number of nitrogens with two attached hydrogens (primary N) is 1. The predicted molar refractivity (Wildman–Crippen MR) is 144 cm³/mol. The molecule has 0 radical (unpaired) electrons. The fraction of sp³-hybridized carbons (Fsp3) is 0.536. The number of amides is 2. The summed E-state index contributed by atoms with van der Waals surface area (Å²) in [5.74, 6) is -1.47. The quantitative estimate of drug-likeness (QED) is 0.497. The van der Waals surface area contributed by atoms with Gasteiger partial charge in [-0.15, -0.1) is 11.3 Å². The molecule has 5 aliphatic rings. The number of piperazine rings is 1. The van der Waals surface area contributed by atoms with E-state index in [2.05, 4.69) is 20.2 Å². The van der Waals surface area contributed by atoms with Gasteiger partial charge in [-0.25, -0.2) is 10.0 Å². The van der Waals surface area contributed by atoms with Gasteiger partial charge in [0.25, 0.3) is 5.91 Å². The van der Waals surface area contributed by atoms with Crippen molar-refractivity contribution in [2.45, 2.75) is 82.2 Å². The molecule has 10 heteroatoms. The van der Waals surface area contributed by atoms with E-state index in [9.17, 15) is 19.5 Å². The number of carbonyl (C=O) groups excluding carboxylic acids is 2. The van der Waals surface area contributed by atoms with E-state index in [1.165, 1.54) is 11.3 Å². The summed E-state index contributed by atoms with van der Waals surface area (Å²) in [7, 11) is 0. The van der Waals surface area contributed by atoms with Gasteiger partial charge in [0.15, 0.2) is 0 Å². The van der Waals surface area contributed by atoms with E-state index in [1.54, 1.807) is 25.3 Å². The lowest BCUT2D eigenvalue weighted by molar-refractivity contribution is -0.265. The molecule has 2 amide bonds. The van der Waals surface area contributed by atoms with Gasteiger partial charge in [-0.3, -0.25) is 19.3 Å². The van der Waals surface area contributed by atoms with Crippen molar-refractivity contribution in [3.8, 4) is 0 Å². The van der Waals surface area contributed by atoms with Crippen molar-refractivity contribution in [3.05, 3.63) is 56.8 Å². The first-order valence-electron chi connectivity index (χ1n) is 13.5. The first-order valence-corrected chi connectivity index (χ1v) is 14.4. The maximum atomic E-state index is 13.4. The Bertz CT molecular complexity index is 1280. The molecular weight excluding hydrogens is 502 g/mol. The van der Waals surface area contributed by atoms with Crippen molar-refractivity contribution >= 4 is 29.1 Å². The number of fused-ring (bicyclic) bond motifs is 2. The predicted octanol–water partition coefficient (Wildman–Crippen LogP) is 2.77. The number of nitrogens with zero attached hydrogens (tertiary/aromatic N) is 3. The first-order chi connectivity index (χ1) is 18.1. The molecule has 4 saturated heterocycles. The number of aliphatic carboxylic acids is 1. The summed E-state index contributed by atoms with van der Waals surface area (Å²) >= 11 is 1.54. The normalized spacial score (nSPS) is 30.2. The molecule has 1 aliphatic carbocycles. The maximum absolute atomic E-state index is 13.4. The van der Waals surface area contributed by atoms with Crippen molar-refractivity contribution in [2.24, 2.45) is 5.73 Å². The topological polar surface area (TPSA) is 119 Å². The Kier molecular flexibility index (Phi) is 6.33. The van der Waals surface area contributed by atoms with E-state index in [4.69, 9.17) is 5.73 Å². The summed E-state index contributed by atoms with van der Waals surface area (Å²) in [5.41, 5.74) is 7.50. The largest absolute Gasteiger partial charge is 0.480 e. The van der Waals surface area contributed by atoms with Crippen LogP contribution in [0.15, 0.2) is 29.6 Å². The molecule has 2 aromatic rings. The average molecular weight is 538 g/mol. The van der Waals surface area contributed by atoms with Crippen LogP contribution in [-0.4, -0.2) is 74.7 Å².